The van der Waals surface area contributed by atoms with E-state index in [2.05, 4.69) is 15.6 Å². The number of hydrogen-bond donors (Lipinski definition) is 2. The molecule has 1 saturated carbocycles. The van der Waals surface area contributed by atoms with Crippen LogP contribution in [-0.2, 0) is 6.54 Å². The quantitative estimate of drug-likeness (QED) is 0.821. The Morgan fingerprint density at radius 3 is 2.81 bits per heavy atom. The Morgan fingerprint density at radius 1 is 1.38 bits per heavy atom. The van der Waals surface area contributed by atoms with Crippen LogP contribution in [0, 0.1) is 5.92 Å². The van der Waals surface area contributed by atoms with Gasteiger partial charge in [0.05, 0.1) is 12.7 Å². The van der Waals surface area contributed by atoms with Gasteiger partial charge in [0.2, 0.25) is 0 Å². The molecule has 1 aliphatic rings. The molecule has 3 N–H and O–H groups in total. The number of amides is 1. The highest BCUT2D eigenvalue weighted by Crippen LogP contribution is 2.32. The lowest BCUT2D eigenvalue weighted by Crippen LogP contribution is -2.41. The fraction of sp³-hybridized carbons (Fsp3) is 0.400. The second-order valence-electron chi connectivity index (χ2n) is 5.44. The first-order valence-corrected chi connectivity index (χ1v) is 7.21. The summed E-state index contributed by atoms with van der Waals surface area (Å²) in [7, 11) is 0. The van der Waals surface area contributed by atoms with Gasteiger partial charge in [-0.3, -0.25) is 4.79 Å². The average Bonchev–Trinajstić information content (AvgIpc) is 3.25. The summed E-state index contributed by atoms with van der Waals surface area (Å²) in [5, 5.41) is 10.9. The topological polar surface area (TPSA) is 85.8 Å². The maximum absolute atomic E-state index is 12.1. The van der Waals surface area contributed by atoms with Gasteiger partial charge in [0.25, 0.3) is 5.91 Å². The van der Waals surface area contributed by atoms with E-state index in [1.54, 1.807) is 10.9 Å². The fourth-order valence-electron chi connectivity index (χ4n) is 2.36. The molecule has 21 heavy (non-hydrogen) atoms. The summed E-state index contributed by atoms with van der Waals surface area (Å²) in [4.78, 5) is 12.1. The summed E-state index contributed by atoms with van der Waals surface area (Å²) in [5.41, 5.74) is 7.15. The molecule has 0 radical (unpaired) electrons. The summed E-state index contributed by atoms with van der Waals surface area (Å²) in [6.45, 7) is 1.07. The summed E-state index contributed by atoms with van der Waals surface area (Å²) >= 11 is 0. The van der Waals surface area contributed by atoms with Crippen LogP contribution in [0.25, 0.3) is 0 Å². The minimum Gasteiger partial charge on any atom is -0.346 e. The van der Waals surface area contributed by atoms with E-state index in [1.807, 2.05) is 30.3 Å². The van der Waals surface area contributed by atoms with Gasteiger partial charge in [-0.1, -0.05) is 35.5 Å². The first-order chi connectivity index (χ1) is 10.3. The van der Waals surface area contributed by atoms with E-state index in [4.69, 9.17) is 5.73 Å². The highest BCUT2D eigenvalue weighted by Gasteiger charge is 2.31. The predicted molar refractivity (Wildman–Crippen MR) is 78.6 cm³/mol. The monoisotopic (exact) mass is 285 g/mol. The van der Waals surface area contributed by atoms with Crippen LogP contribution in [0.5, 0.6) is 0 Å². The van der Waals surface area contributed by atoms with Gasteiger partial charge in [-0.15, -0.1) is 5.10 Å². The lowest BCUT2D eigenvalue weighted by Gasteiger charge is -2.14. The molecule has 0 spiro atoms. The fourth-order valence-corrected chi connectivity index (χ4v) is 2.36. The zero-order valence-electron chi connectivity index (χ0n) is 11.8. The largest absolute Gasteiger partial charge is 0.346 e. The van der Waals surface area contributed by atoms with E-state index < -0.39 is 0 Å². The van der Waals surface area contributed by atoms with Crippen molar-refractivity contribution in [2.24, 2.45) is 11.7 Å². The van der Waals surface area contributed by atoms with E-state index in [0.717, 1.165) is 18.4 Å². The second kappa shape index (κ2) is 6.05. The molecule has 1 aromatic heterocycles. The third-order valence-corrected chi connectivity index (χ3v) is 3.72. The summed E-state index contributed by atoms with van der Waals surface area (Å²) < 4.78 is 1.67. The van der Waals surface area contributed by atoms with E-state index in [0.29, 0.717) is 24.7 Å². The number of benzene rings is 1. The minimum atomic E-state index is -0.198. The Labute approximate surface area is 123 Å². The van der Waals surface area contributed by atoms with Crippen molar-refractivity contribution in [3.8, 4) is 0 Å². The Bertz CT molecular complexity index is 606. The van der Waals surface area contributed by atoms with Crippen LogP contribution in [-0.4, -0.2) is 33.5 Å². The van der Waals surface area contributed by atoms with E-state index in [1.165, 1.54) is 0 Å². The van der Waals surface area contributed by atoms with E-state index in [-0.39, 0.29) is 11.9 Å². The normalized spacial score (nSPS) is 15.7. The molecule has 1 fully saturated rings. The Balaban J connectivity index is 1.62. The molecule has 2 aromatic rings. The first-order valence-electron chi connectivity index (χ1n) is 7.21. The zero-order chi connectivity index (χ0) is 14.7. The van der Waals surface area contributed by atoms with Crippen molar-refractivity contribution >= 4 is 5.91 Å². The number of nitrogens with two attached hydrogens (primary N) is 1. The van der Waals surface area contributed by atoms with Crippen LogP contribution in [0.2, 0.25) is 0 Å². The molecule has 0 saturated heterocycles. The smallest absolute Gasteiger partial charge is 0.273 e. The predicted octanol–water partition coefficient (Wildman–Crippen LogP) is 0.793. The maximum atomic E-state index is 12.1. The van der Waals surface area contributed by atoms with E-state index in [9.17, 15) is 4.79 Å². The first kappa shape index (κ1) is 13.8. The van der Waals surface area contributed by atoms with Crippen molar-refractivity contribution in [2.45, 2.75) is 25.4 Å². The minimum absolute atomic E-state index is 0.0526. The second-order valence-corrected chi connectivity index (χ2v) is 5.44. The highest BCUT2D eigenvalue weighted by atomic mass is 16.2. The van der Waals surface area contributed by atoms with Gasteiger partial charge >= 0.3 is 0 Å². The van der Waals surface area contributed by atoms with Gasteiger partial charge in [-0.2, -0.15) is 0 Å². The molecule has 0 bridgehead atoms. The Hall–Kier alpha value is -2.21. The molecule has 1 amide bonds. The van der Waals surface area contributed by atoms with Crippen LogP contribution in [0.3, 0.4) is 0 Å². The van der Waals surface area contributed by atoms with E-state index >= 15 is 0 Å². The van der Waals surface area contributed by atoms with Crippen molar-refractivity contribution in [1.29, 1.82) is 0 Å². The van der Waals surface area contributed by atoms with Gasteiger partial charge in [0.1, 0.15) is 0 Å². The molecule has 1 heterocycles. The maximum Gasteiger partial charge on any atom is 0.273 e. The van der Waals surface area contributed by atoms with Crippen LogP contribution in [0.4, 0.5) is 0 Å². The molecule has 1 atom stereocenters. The number of nitrogens with zero attached hydrogens (tertiary/aromatic N) is 3. The molecule has 6 nitrogen and oxygen atoms in total. The van der Waals surface area contributed by atoms with Crippen LogP contribution >= 0.6 is 0 Å². The number of aromatic nitrogens is 3. The molecular weight excluding hydrogens is 266 g/mol. The van der Waals surface area contributed by atoms with Gasteiger partial charge in [0.15, 0.2) is 5.69 Å². The molecule has 0 aliphatic heterocycles. The SMILES string of the molecule is NCC(NC(=O)c1cn(Cc2ccccc2)nn1)C1CC1. The van der Waals surface area contributed by atoms with Crippen molar-refractivity contribution in [3.63, 3.8) is 0 Å². The molecular formula is C15H19N5O. The number of hydrogen-bond acceptors (Lipinski definition) is 4. The van der Waals surface area contributed by atoms with Crippen molar-refractivity contribution in [3.05, 3.63) is 47.8 Å². The standard InChI is InChI=1S/C15H19N5O/c16-8-13(12-6-7-12)17-15(21)14-10-20(19-18-14)9-11-4-2-1-3-5-11/h1-5,10,12-13H,6-9,16H2,(H,17,21). The van der Waals surface area contributed by atoms with Crippen molar-refractivity contribution in [2.75, 3.05) is 6.54 Å². The number of nitrogens with one attached hydrogen (secondary N) is 1. The Morgan fingerprint density at radius 2 is 2.14 bits per heavy atom. The van der Waals surface area contributed by atoms with Gasteiger partial charge in [-0.25, -0.2) is 4.68 Å². The Kier molecular flexibility index (Phi) is 3.96. The molecule has 1 unspecified atom stereocenters. The molecule has 110 valence electrons. The molecule has 6 heteroatoms. The molecule has 1 aliphatic carbocycles. The number of carbonyl (C=O) groups excluding carboxylic acids is 1. The van der Waals surface area contributed by atoms with Crippen LogP contribution in [0.15, 0.2) is 36.5 Å². The van der Waals surface area contributed by atoms with Crippen LogP contribution in [0.1, 0.15) is 28.9 Å². The highest BCUT2D eigenvalue weighted by molar-refractivity contribution is 5.92. The van der Waals surface area contributed by atoms with Gasteiger partial charge in [-0.05, 0) is 24.3 Å². The number of carbonyl (C=O) groups is 1. The average molecular weight is 285 g/mol. The summed E-state index contributed by atoms with van der Waals surface area (Å²) in [5.74, 6) is 0.329. The summed E-state index contributed by atoms with van der Waals surface area (Å²) in [6, 6.07) is 9.99. The van der Waals surface area contributed by atoms with Crippen LogP contribution < -0.4 is 11.1 Å². The summed E-state index contributed by atoms with van der Waals surface area (Å²) in [6.07, 6.45) is 3.95. The third kappa shape index (κ3) is 3.46. The third-order valence-electron chi connectivity index (χ3n) is 3.72. The number of rotatable bonds is 6. The van der Waals surface area contributed by atoms with Crippen molar-refractivity contribution < 1.29 is 4.79 Å². The van der Waals surface area contributed by atoms with Gasteiger partial charge in [0, 0.05) is 12.6 Å². The molecule has 1 aromatic carbocycles. The van der Waals surface area contributed by atoms with Gasteiger partial charge < -0.3 is 11.1 Å². The lowest BCUT2D eigenvalue weighted by atomic mass is 10.2. The van der Waals surface area contributed by atoms with Crippen molar-refractivity contribution in [1.82, 2.24) is 20.3 Å². The zero-order valence-corrected chi connectivity index (χ0v) is 11.8. The molecule has 3 rings (SSSR count). The lowest BCUT2D eigenvalue weighted by molar-refractivity contribution is 0.0928.